The number of esters is 1. The van der Waals surface area contributed by atoms with E-state index in [9.17, 15) is 9.90 Å². The van der Waals surface area contributed by atoms with Gasteiger partial charge in [0.1, 0.15) is 11.5 Å². The third kappa shape index (κ3) is 5.68. The monoisotopic (exact) mass is 505 g/mol. The van der Waals surface area contributed by atoms with Gasteiger partial charge < -0.3 is 19.3 Å². The Morgan fingerprint density at radius 3 is 2.51 bits per heavy atom. The summed E-state index contributed by atoms with van der Waals surface area (Å²) in [6.07, 6.45) is 1.29. The van der Waals surface area contributed by atoms with Crippen molar-refractivity contribution < 1.29 is 23.5 Å². The summed E-state index contributed by atoms with van der Waals surface area (Å²) in [6, 6.07) is 3.08. The molecule has 0 saturated heterocycles. The molecule has 0 bridgehead atoms. The zero-order chi connectivity index (χ0) is 25.3. The Hall–Kier alpha value is -2.49. The highest BCUT2D eigenvalue weighted by molar-refractivity contribution is 6.74. The lowest BCUT2D eigenvalue weighted by molar-refractivity contribution is 0.0519. The first-order valence-electron chi connectivity index (χ1n) is 11.7. The molecule has 0 fully saturated rings. The highest BCUT2D eigenvalue weighted by atomic mass is 28.4. The van der Waals surface area contributed by atoms with E-state index in [0.717, 1.165) is 10.9 Å². The summed E-state index contributed by atoms with van der Waals surface area (Å²) < 4.78 is 26.7. The van der Waals surface area contributed by atoms with Crippen LogP contribution in [0.1, 0.15) is 69.0 Å². The van der Waals surface area contributed by atoms with Gasteiger partial charge in [-0.15, -0.1) is 0 Å². The molecule has 35 heavy (non-hydrogen) atoms. The van der Waals surface area contributed by atoms with Gasteiger partial charge in [-0.25, -0.2) is 9.18 Å². The van der Waals surface area contributed by atoms with Crippen molar-refractivity contribution in [2.45, 2.75) is 79.6 Å². The number of ether oxygens (including phenoxy) is 1. The highest BCUT2D eigenvalue weighted by Gasteiger charge is 2.37. The fourth-order valence-electron chi connectivity index (χ4n) is 3.89. The number of carbonyl (C=O) groups is 1. The second kappa shape index (κ2) is 11.1. The smallest absolute Gasteiger partial charge is 0.355 e. The molecule has 0 aliphatic heterocycles. The van der Waals surface area contributed by atoms with Crippen LogP contribution in [0, 0.1) is 12.7 Å². The first-order chi connectivity index (χ1) is 15.9. The number of carbonyl (C=O) groups excluding carboxylic acids is 1. The van der Waals surface area contributed by atoms with Gasteiger partial charge >= 0.3 is 5.97 Å². The molecule has 0 aliphatic carbocycles. The van der Waals surface area contributed by atoms with E-state index in [-0.39, 0.29) is 31.2 Å². The Kier molecular flexibility index (Phi) is 9.08. The molecule has 7 nitrogen and oxygen atoms in total. The summed E-state index contributed by atoms with van der Waals surface area (Å²) >= 11 is 0. The van der Waals surface area contributed by atoms with Crippen molar-refractivity contribution in [2.75, 3.05) is 13.2 Å². The largest absolute Gasteiger partial charge is 0.461 e. The number of aromatic amines is 2. The van der Waals surface area contributed by atoms with Crippen molar-refractivity contribution in [3.63, 3.8) is 0 Å². The standard InChI is InChI=1S/C25H36FN3O4Si.CH4/c1-8-32-24(31)23-16(10-9-13-33-34(6,7)25(3,4)5)17-11-12-18(26)21(22(17)27-23)20-15(2)28-29-19(20)14-30;/h11-12,27,30H,8-10,13-14H2,1-7H3,(H,28,29);1H4. The molecule has 0 aliphatic rings. The molecular formula is C26H40FN3O4Si. The number of fused-ring (bicyclic) bond motifs is 1. The molecule has 0 radical (unpaired) electrons. The molecule has 0 saturated carbocycles. The van der Waals surface area contributed by atoms with E-state index in [1.807, 2.05) is 0 Å². The van der Waals surface area contributed by atoms with E-state index in [2.05, 4.69) is 49.0 Å². The van der Waals surface area contributed by atoms with Crippen molar-refractivity contribution in [1.82, 2.24) is 15.2 Å². The molecular weight excluding hydrogens is 465 g/mol. The number of rotatable bonds is 9. The van der Waals surface area contributed by atoms with E-state index in [0.29, 0.717) is 47.6 Å². The van der Waals surface area contributed by atoms with E-state index in [1.165, 1.54) is 6.07 Å². The number of hydrogen-bond donors (Lipinski definition) is 3. The highest BCUT2D eigenvalue weighted by Crippen LogP contribution is 2.38. The molecule has 3 N–H and O–H groups in total. The zero-order valence-corrected chi connectivity index (χ0v) is 22.2. The van der Waals surface area contributed by atoms with Crippen molar-refractivity contribution >= 4 is 25.2 Å². The summed E-state index contributed by atoms with van der Waals surface area (Å²) in [7, 11) is -1.88. The van der Waals surface area contributed by atoms with Gasteiger partial charge in [-0.05, 0) is 62.5 Å². The maximum Gasteiger partial charge on any atom is 0.355 e. The predicted molar refractivity (Wildman–Crippen MR) is 141 cm³/mol. The molecule has 3 aromatic rings. The van der Waals surface area contributed by atoms with Crippen LogP contribution in [0.2, 0.25) is 18.1 Å². The number of aryl methyl sites for hydroxylation is 2. The van der Waals surface area contributed by atoms with Gasteiger partial charge in [0.25, 0.3) is 0 Å². The average molecular weight is 506 g/mol. The minimum absolute atomic E-state index is 0. The van der Waals surface area contributed by atoms with Crippen LogP contribution in [-0.2, 0) is 22.2 Å². The zero-order valence-electron chi connectivity index (χ0n) is 21.2. The van der Waals surface area contributed by atoms with Gasteiger partial charge in [-0.1, -0.05) is 28.2 Å². The second-order valence-corrected chi connectivity index (χ2v) is 14.9. The van der Waals surface area contributed by atoms with Gasteiger partial charge in [0.2, 0.25) is 0 Å². The molecule has 0 unspecified atom stereocenters. The van der Waals surface area contributed by atoms with Crippen LogP contribution in [0.5, 0.6) is 0 Å². The Balaban J connectivity index is 0.00000432. The fourth-order valence-corrected chi connectivity index (χ4v) is 4.98. The minimum atomic E-state index is -1.88. The number of aliphatic hydroxyl groups excluding tert-OH is 1. The first-order valence-corrected chi connectivity index (χ1v) is 14.6. The van der Waals surface area contributed by atoms with Crippen LogP contribution in [0.15, 0.2) is 12.1 Å². The van der Waals surface area contributed by atoms with Crippen LogP contribution < -0.4 is 0 Å². The molecule has 0 atom stereocenters. The summed E-state index contributed by atoms with van der Waals surface area (Å²) in [6.45, 7) is 15.0. The molecule has 0 spiro atoms. The minimum Gasteiger partial charge on any atom is -0.461 e. The SMILES string of the molecule is C.CCOC(=O)c1[nH]c2c(-c3c(CO)n[nH]c3C)c(F)ccc2c1CCCO[Si](C)(C)C(C)(C)C. The lowest BCUT2D eigenvalue weighted by atomic mass is 9.98. The van der Waals surface area contributed by atoms with Crippen LogP contribution in [-0.4, -0.2) is 47.8 Å². The first kappa shape index (κ1) is 28.7. The summed E-state index contributed by atoms with van der Waals surface area (Å²) in [4.78, 5) is 15.9. The maximum absolute atomic E-state index is 15.1. The number of H-pyrrole nitrogens is 2. The quantitative estimate of drug-likeness (QED) is 0.181. The van der Waals surface area contributed by atoms with Crippen LogP contribution >= 0.6 is 0 Å². The van der Waals surface area contributed by atoms with E-state index in [1.54, 1.807) is 19.9 Å². The maximum atomic E-state index is 15.1. The topological polar surface area (TPSA) is 100 Å². The van der Waals surface area contributed by atoms with Gasteiger partial charge in [0.05, 0.1) is 24.4 Å². The van der Waals surface area contributed by atoms with Crippen molar-refractivity contribution in [3.05, 3.63) is 40.6 Å². The van der Waals surface area contributed by atoms with Crippen LogP contribution in [0.3, 0.4) is 0 Å². The lowest BCUT2D eigenvalue weighted by Gasteiger charge is -2.36. The van der Waals surface area contributed by atoms with Gasteiger partial charge in [0.15, 0.2) is 8.32 Å². The number of hydrogen-bond acceptors (Lipinski definition) is 5. The van der Waals surface area contributed by atoms with Gasteiger partial charge in [0, 0.05) is 28.8 Å². The molecule has 9 heteroatoms. The molecule has 3 rings (SSSR count). The Labute approximate surface area is 208 Å². The Bertz CT molecular complexity index is 1180. The van der Waals surface area contributed by atoms with Gasteiger partial charge in [-0.2, -0.15) is 5.10 Å². The third-order valence-electron chi connectivity index (χ3n) is 6.77. The molecule has 2 heterocycles. The predicted octanol–water partition coefficient (Wildman–Crippen LogP) is 6.27. The number of benzene rings is 1. The van der Waals surface area contributed by atoms with E-state index >= 15 is 4.39 Å². The van der Waals surface area contributed by atoms with Crippen molar-refractivity contribution in [2.24, 2.45) is 0 Å². The number of halogens is 1. The molecule has 1 aromatic carbocycles. The molecule has 2 aromatic heterocycles. The van der Waals surface area contributed by atoms with E-state index in [4.69, 9.17) is 9.16 Å². The van der Waals surface area contributed by atoms with Crippen molar-refractivity contribution in [1.29, 1.82) is 0 Å². The molecule has 194 valence electrons. The summed E-state index contributed by atoms with van der Waals surface area (Å²) in [5.74, 6) is -0.937. The number of nitrogens with zero attached hydrogens (tertiary/aromatic N) is 1. The Morgan fingerprint density at radius 2 is 1.91 bits per heavy atom. The van der Waals surface area contributed by atoms with Crippen LogP contribution in [0.4, 0.5) is 4.39 Å². The molecule has 0 amide bonds. The normalized spacial score (nSPS) is 12.1. The Morgan fingerprint density at radius 1 is 1.23 bits per heavy atom. The number of aliphatic hydroxyl groups is 1. The summed E-state index contributed by atoms with van der Waals surface area (Å²) in [5, 5.41) is 17.5. The second-order valence-electron chi connectivity index (χ2n) is 10.1. The number of nitrogens with one attached hydrogen (secondary N) is 2. The average Bonchev–Trinajstić information content (AvgIpc) is 3.31. The van der Waals surface area contributed by atoms with Crippen molar-refractivity contribution in [3.8, 4) is 11.1 Å². The van der Waals surface area contributed by atoms with Crippen LogP contribution in [0.25, 0.3) is 22.0 Å². The van der Waals surface area contributed by atoms with E-state index < -0.39 is 20.1 Å². The fraction of sp³-hybridized carbons (Fsp3) is 0.538. The lowest BCUT2D eigenvalue weighted by Crippen LogP contribution is -2.41. The van der Waals surface area contributed by atoms with Gasteiger partial charge in [-0.3, -0.25) is 5.10 Å². The number of aromatic nitrogens is 3. The third-order valence-corrected chi connectivity index (χ3v) is 11.3. The summed E-state index contributed by atoms with van der Waals surface area (Å²) in [5.41, 5.74) is 3.34.